The Balaban J connectivity index is 2.58. The maximum absolute atomic E-state index is 11.7. The summed E-state index contributed by atoms with van der Waals surface area (Å²) in [5.74, 6) is -1.00. The summed E-state index contributed by atoms with van der Waals surface area (Å²) in [6.07, 6.45) is 0.805. The molecule has 0 spiro atoms. The molecule has 1 aliphatic heterocycles. The maximum atomic E-state index is 11.7. The van der Waals surface area contributed by atoms with Crippen LogP contribution in [0.1, 0.15) is 13.3 Å². The first-order valence-corrected chi connectivity index (χ1v) is 5.56. The Hall–Kier alpha value is -1.63. The van der Waals surface area contributed by atoms with Crippen molar-refractivity contribution in [3.05, 3.63) is 0 Å². The highest BCUT2D eigenvalue weighted by atomic mass is 16.2. The Morgan fingerprint density at radius 2 is 1.82 bits per heavy atom. The van der Waals surface area contributed by atoms with Crippen LogP contribution in [0, 0.1) is 0 Å². The van der Waals surface area contributed by atoms with E-state index in [1.807, 2.05) is 6.92 Å². The number of rotatable bonds is 5. The number of nitrogens with two attached hydrogens (primary N) is 2. The summed E-state index contributed by atoms with van der Waals surface area (Å²) in [5, 5.41) is 0. The second-order valence-corrected chi connectivity index (χ2v) is 4.10. The molecular weight excluding hydrogens is 224 g/mol. The molecule has 0 saturated carbocycles. The molecule has 0 aromatic rings. The van der Waals surface area contributed by atoms with Crippen molar-refractivity contribution in [2.24, 2.45) is 11.5 Å². The van der Waals surface area contributed by atoms with Gasteiger partial charge < -0.3 is 21.3 Å². The Morgan fingerprint density at radius 3 is 2.35 bits per heavy atom. The van der Waals surface area contributed by atoms with Crippen LogP contribution in [0.4, 0.5) is 0 Å². The van der Waals surface area contributed by atoms with E-state index in [4.69, 9.17) is 11.5 Å². The maximum Gasteiger partial charge on any atom is 0.242 e. The van der Waals surface area contributed by atoms with Crippen LogP contribution in [0.2, 0.25) is 0 Å². The van der Waals surface area contributed by atoms with Gasteiger partial charge in [0.1, 0.15) is 6.04 Å². The average molecular weight is 242 g/mol. The third kappa shape index (κ3) is 3.42. The standard InChI is InChI=1S/C10H18N4O3/c1-2-3-13-5-9(16)14(6-8(13)15)4-7(11)10(12)17/h7H,2-6,11H2,1H3,(H2,12,17). The first kappa shape index (κ1) is 13.4. The van der Waals surface area contributed by atoms with Crippen molar-refractivity contribution in [3.8, 4) is 0 Å². The number of hydrogen-bond donors (Lipinski definition) is 2. The zero-order valence-electron chi connectivity index (χ0n) is 9.89. The van der Waals surface area contributed by atoms with Crippen LogP contribution in [0.15, 0.2) is 0 Å². The van der Waals surface area contributed by atoms with Crippen LogP contribution in [0.25, 0.3) is 0 Å². The van der Waals surface area contributed by atoms with Gasteiger partial charge in [-0.25, -0.2) is 0 Å². The van der Waals surface area contributed by atoms with E-state index in [9.17, 15) is 14.4 Å². The molecule has 96 valence electrons. The van der Waals surface area contributed by atoms with Crippen LogP contribution >= 0.6 is 0 Å². The van der Waals surface area contributed by atoms with Crippen LogP contribution in [-0.2, 0) is 14.4 Å². The molecule has 0 aromatic heterocycles. The van der Waals surface area contributed by atoms with Gasteiger partial charge in [0.2, 0.25) is 17.7 Å². The van der Waals surface area contributed by atoms with Gasteiger partial charge in [-0.05, 0) is 6.42 Å². The van der Waals surface area contributed by atoms with Crippen molar-refractivity contribution in [1.82, 2.24) is 9.80 Å². The molecule has 1 atom stereocenters. The molecule has 1 fully saturated rings. The summed E-state index contributed by atoms with van der Waals surface area (Å²) in [5.41, 5.74) is 10.5. The van der Waals surface area contributed by atoms with Crippen molar-refractivity contribution in [3.63, 3.8) is 0 Å². The molecule has 4 N–H and O–H groups in total. The fraction of sp³-hybridized carbons (Fsp3) is 0.700. The van der Waals surface area contributed by atoms with E-state index in [0.29, 0.717) is 6.54 Å². The zero-order chi connectivity index (χ0) is 13.0. The Labute approximate surface area is 99.7 Å². The minimum atomic E-state index is -0.926. The van der Waals surface area contributed by atoms with Gasteiger partial charge in [-0.2, -0.15) is 0 Å². The minimum absolute atomic E-state index is 0.000127. The Morgan fingerprint density at radius 1 is 1.29 bits per heavy atom. The average Bonchev–Trinajstić information content (AvgIpc) is 2.25. The van der Waals surface area contributed by atoms with Gasteiger partial charge in [0, 0.05) is 13.1 Å². The van der Waals surface area contributed by atoms with Crippen LogP contribution < -0.4 is 11.5 Å². The lowest BCUT2D eigenvalue weighted by Gasteiger charge is -2.34. The van der Waals surface area contributed by atoms with E-state index in [-0.39, 0.29) is 31.4 Å². The van der Waals surface area contributed by atoms with Crippen molar-refractivity contribution >= 4 is 17.7 Å². The van der Waals surface area contributed by atoms with Gasteiger partial charge >= 0.3 is 0 Å². The van der Waals surface area contributed by atoms with Crippen molar-refractivity contribution in [2.75, 3.05) is 26.2 Å². The minimum Gasteiger partial charge on any atom is -0.368 e. The second-order valence-electron chi connectivity index (χ2n) is 4.10. The number of carbonyl (C=O) groups is 3. The van der Waals surface area contributed by atoms with Gasteiger partial charge in [-0.15, -0.1) is 0 Å². The fourth-order valence-corrected chi connectivity index (χ4v) is 1.67. The highest BCUT2D eigenvalue weighted by molar-refractivity contribution is 5.93. The SMILES string of the molecule is CCCN1CC(=O)N(CC(N)C(N)=O)CC1=O. The van der Waals surface area contributed by atoms with Gasteiger partial charge in [-0.3, -0.25) is 14.4 Å². The fourth-order valence-electron chi connectivity index (χ4n) is 1.67. The molecule has 0 aromatic carbocycles. The lowest BCUT2D eigenvalue weighted by atomic mass is 10.2. The van der Waals surface area contributed by atoms with Crippen molar-refractivity contribution < 1.29 is 14.4 Å². The van der Waals surface area contributed by atoms with Gasteiger partial charge in [0.15, 0.2) is 0 Å². The molecule has 1 heterocycles. The highest BCUT2D eigenvalue weighted by Gasteiger charge is 2.30. The van der Waals surface area contributed by atoms with Gasteiger partial charge in [0.05, 0.1) is 13.1 Å². The molecule has 7 heteroatoms. The van der Waals surface area contributed by atoms with E-state index < -0.39 is 11.9 Å². The summed E-state index contributed by atoms with van der Waals surface area (Å²) >= 11 is 0. The third-order valence-electron chi connectivity index (χ3n) is 2.63. The monoisotopic (exact) mass is 242 g/mol. The van der Waals surface area contributed by atoms with E-state index in [2.05, 4.69) is 0 Å². The Kier molecular flexibility index (Phi) is 4.45. The molecule has 0 bridgehead atoms. The van der Waals surface area contributed by atoms with E-state index in [1.54, 1.807) is 0 Å². The topological polar surface area (TPSA) is 110 Å². The van der Waals surface area contributed by atoms with Gasteiger partial charge in [0.25, 0.3) is 0 Å². The summed E-state index contributed by atoms with van der Waals surface area (Å²) in [6, 6.07) is -0.926. The third-order valence-corrected chi connectivity index (χ3v) is 2.63. The molecule has 1 saturated heterocycles. The first-order chi connectivity index (χ1) is 7.95. The van der Waals surface area contributed by atoms with E-state index in [1.165, 1.54) is 9.80 Å². The molecule has 1 unspecified atom stereocenters. The molecule has 1 aliphatic rings. The van der Waals surface area contributed by atoms with Gasteiger partial charge in [-0.1, -0.05) is 6.92 Å². The Bertz CT molecular complexity index is 332. The van der Waals surface area contributed by atoms with E-state index in [0.717, 1.165) is 6.42 Å². The number of carbonyl (C=O) groups excluding carboxylic acids is 3. The summed E-state index contributed by atoms with van der Waals surface area (Å²) in [7, 11) is 0. The lowest BCUT2D eigenvalue weighted by Crippen LogP contribution is -2.57. The largest absolute Gasteiger partial charge is 0.368 e. The quantitative estimate of drug-likeness (QED) is 0.574. The predicted molar refractivity (Wildman–Crippen MR) is 60.6 cm³/mol. The molecule has 7 nitrogen and oxygen atoms in total. The number of piperazine rings is 1. The first-order valence-electron chi connectivity index (χ1n) is 5.56. The van der Waals surface area contributed by atoms with Crippen LogP contribution in [-0.4, -0.2) is 59.7 Å². The predicted octanol–water partition coefficient (Wildman–Crippen LogP) is -2.12. The molecule has 3 amide bonds. The van der Waals surface area contributed by atoms with E-state index >= 15 is 0 Å². The number of primary amides is 1. The molecule has 1 rings (SSSR count). The number of hydrogen-bond acceptors (Lipinski definition) is 4. The summed E-state index contributed by atoms with van der Waals surface area (Å²) < 4.78 is 0. The molecule has 0 radical (unpaired) electrons. The zero-order valence-corrected chi connectivity index (χ0v) is 9.89. The summed E-state index contributed by atoms with van der Waals surface area (Å²) in [6.45, 7) is 2.53. The van der Waals surface area contributed by atoms with Crippen molar-refractivity contribution in [2.45, 2.75) is 19.4 Å². The number of amides is 3. The highest BCUT2D eigenvalue weighted by Crippen LogP contribution is 2.06. The normalized spacial score (nSPS) is 18.5. The van der Waals surface area contributed by atoms with Crippen LogP contribution in [0.5, 0.6) is 0 Å². The summed E-state index contributed by atoms with van der Waals surface area (Å²) in [4.78, 5) is 37.0. The molecule has 17 heavy (non-hydrogen) atoms. The van der Waals surface area contributed by atoms with Crippen molar-refractivity contribution in [1.29, 1.82) is 0 Å². The van der Waals surface area contributed by atoms with Crippen LogP contribution in [0.3, 0.4) is 0 Å². The molecular formula is C10H18N4O3. The second kappa shape index (κ2) is 5.62. The molecule has 0 aliphatic carbocycles. The lowest BCUT2D eigenvalue weighted by molar-refractivity contribution is -0.150. The number of nitrogens with zero attached hydrogens (tertiary/aromatic N) is 2. The smallest absolute Gasteiger partial charge is 0.242 e.